The Kier molecular flexibility index (Phi) is 7.48. The standard InChI is InChI=1S/C19H19BrFN3O3/c1-12(2)27-17-8-3-13(9-16(17)20)11-22-24-19(26)10-18(25)23-15-6-4-14(21)5-7-15/h3-9,11-12H,10H2,1-2H3,(H,23,25)(H,24,26). The van der Waals surface area contributed by atoms with Crippen LogP contribution in [0.25, 0.3) is 0 Å². The Balaban J connectivity index is 1.83. The highest BCUT2D eigenvalue weighted by Gasteiger charge is 2.09. The molecular formula is C19H19BrFN3O3. The molecule has 2 amide bonds. The van der Waals surface area contributed by atoms with E-state index >= 15 is 0 Å². The first-order valence-electron chi connectivity index (χ1n) is 8.17. The molecule has 2 N–H and O–H groups in total. The molecule has 0 saturated heterocycles. The van der Waals surface area contributed by atoms with Gasteiger partial charge in [-0.15, -0.1) is 0 Å². The van der Waals surface area contributed by atoms with Crippen LogP contribution < -0.4 is 15.5 Å². The van der Waals surface area contributed by atoms with E-state index in [1.54, 1.807) is 18.2 Å². The highest BCUT2D eigenvalue weighted by molar-refractivity contribution is 9.10. The van der Waals surface area contributed by atoms with E-state index in [0.29, 0.717) is 11.4 Å². The lowest BCUT2D eigenvalue weighted by Gasteiger charge is -2.11. The van der Waals surface area contributed by atoms with Gasteiger partial charge in [0.05, 0.1) is 16.8 Å². The number of hydrogen-bond acceptors (Lipinski definition) is 4. The molecule has 0 heterocycles. The molecule has 0 aliphatic carbocycles. The lowest BCUT2D eigenvalue weighted by Crippen LogP contribution is -2.24. The van der Waals surface area contributed by atoms with Crippen molar-refractivity contribution < 1.29 is 18.7 Å². The van der Waals surface area contributed by atoms with Crippen molar-refractivity contribution in [3.05, 3.63) is 58.3 Å². The first kappa shape index (κ1) is 20.6. The van der Waals surface area contributed by atoms with E-state index < -0.39 is 24.1 Å². The van der Waals surface area contributed by atoms with Crippen LogP contribution in [0.15, 0.2) is 52.0 Å². The van der Waals surface area contributed by atoms with Crippen molar-refractivity contribution >= 4 is 39.6 Å². The van der Waals surface area contributed by atoms with Gasteiger partial charge in [0, 0.05) is 5.69 Å². The number of amides is 2. The monoisotopic (exact) mass is 435 g/mol. The van der Waals surface area contributed by atoms with Crippen molar-refractivity contribution in [1.29, 1.82) is 0 Å². The number of nitrogens with one attached hydrogen (secondary N) is 2. The molecular weight excluding hydrogens is 417 g/mol. The zero-order valence-electron chi connectivity index (χ0n) is 14.8. The highest BCUT2D eigenvalue weighted by Crippen LogP contribution is 2.26. The van der Waals surface area contributed by atoms with Crippen LogP contribution in [0.1, 0.15) is 25.8 Å². The number of carbonyl (C=O) groups is 2. The summed E-state index contributed by atoms with van der Waals surface area (Å²) in [5.74, 6) is -0.781. The molecule has 0 aliphatic heterocycles. The molecule has 0 aliphatic rings. The molecule has 2 aromatic rings. The number of benzene rings is 2. The number of anilines is 1. The Labute approximate surface area is 164 Å². The van der Waals surface area contributed by atoms with Crippen LogP contribution >= 0.6 is 15.9 Å². The molecule has 6 nitrogen and oxygen atoms in total. The van der Waals surface area contributed by atoms with Gasteiger partial charge in [0.2, 0.25) is 11.8 Å². The maximum atomic E-state index is 12.8. The SMILES string of the molecule is CC(C)Oc1ccc(C=NNC(=O)CC(=O)Nc2ccc(F)cc2)cc1Br. The van der Waals surface area contributed by atoms with E-state index in [4.69, 9.17) is 4.74 Å². The van der Waals surface area contributed by atoms with E-state index in [2.05, 4.69) is 31.8 Å². The van der Waals surface area contributed by atoms with Gasteiger partial charge in [0.15, 0.2) is 0 Å². The smallest absolute Gasteiger partial charge is 0.249 e. The number of ether oxygens (including phenoxy) is 1. The van der Waals surface area contributed by atoms with Crippen LogP contribution in [0.5, 0.6) is 5.75 Å². The molecule has 0 atom stereocenters. The minimum Gasteiger partial charge on any atom is -0.490 e. The first-order valence-corrected chi connectivity index (χ1v) is 8.96. The summed E-state index contributed by atoms with van der Waals surface area (Å²) in [6, 6.07) is 10.6. The van der Waals surface area contributed by atoms with Crippen molar-refractivity contribution in [3.63, 3.8) is 0 Å². The van der Waals surface area contributed by atoms with Crippen molar-refractivity contribution in [2.24, 2.45) is 5.10 Å². The van der Waals surface area contributed by atoms with E-state index in [-0.39, 0.29) is 6.10 Å². The van der Waals surface area contributed by atoms with Gasteiger partial charge in [-0.05, 0) is 77.8 Å². The van der Waals surface area contributed by atoms with Gasteiger partial charge in [-0.2, -0.15) is 5.10 Å². The molecule has 2 aromatic carbocycles. The molecule has 0 fully saturated rings. The van der Waals surface area contributed by atoms with E-state index in [1.807, 2.05) is 13.8 Å². The molecule has 8 heteroatoms. The van der Waals surface area contributed by atoms with Crippen molar-refractivity contribution in [2.75, 3.05) is 5.32 Å². The Morgan fingerprint density at radius 1 is 1.19 bits per heavy atom. The summed E-state index contributed by atoms with van der Waals surface area (Å²) in [7, 11) is 0. The lowest BCUT2D eigenvalue weighted by atomic mass is 10.2. The Bertz CT molecular complexity index is 839. The van der Waals surface area contributed by atoms with Crippen LogP contribution in [0.4, 0.5) is 10.1 Å². The van der Waals surface area contributed by atoms with E-state index in [0.717, 1.165) is 10.0 Å². The molecule has 0 bridgehead atoms. The van der Waals surface area contributed by atoms with Crippen molar-refractivity contribution in [2.45, 2.75) is 26.4 Å². The van der Waals surface area contributed by atoms with Gasteiger partial charge in [0.1, 0.15) is 18.0 Å². The second-order valence-corrected chi connectivity index (χ2v) is 6.74. The average molecular weight is 436 g/mol. The fraction of sp³-hybridized carbons (Fsp3) is 0.211. The minimum atomic E-state index is -0.565. The van der Waals surface area contributed by atoms with Gasteiger partial charge in [-0.1, -0.05) is 0 Å². The van der Waals surface area contributed by atoms with Crippen LogP contribution in [0.3, 0.4) is 0 Å². The van der Waals surface area contributed by atoms with Crippen LogP contribution in [0.2, 0.25) is 0 Å². The van der Waals surface area contributed by atoms with Crippen LogP contribution in [0, 0.1) is 5.82 Å². The summed E-state index contributed by atoms with van der Waals surface area (Å²) in [5.41, 5.74) is 3.44. The van der Waals surface area contributed by atoms with Crippen LogP contribution in [-0.4, -0.2) is 24.1 Å². The fourth-order valence-electron chi connectivity index (χ4n) is 2.05. The zero-order valence-corrected chi connectivity index (χ0v) is 16.4. The number of hydrogen-bond donors (Lipinski definition) is 2. The molecule has 0 saturated carbocycles. The predicted octanol–water partition coefficient (Wildman–Crippen LogP) is 3.85. The topological polar surface area (TPSA) is 79.8 Å². The maximum absolute atomic E-state index is 12.8. The fourth-order valence-corrected chi connectivity index (χ4v) is 2.54. The van der Waals surface area contributed by atoms with Gasteiger partial charge >= 0.3 is 0 Å². The summed E-state index contributed by atoms with van der Waals surface area (Å²) in [4.78, 5) is 23.5. The highest BCUT2D eigenvalue weighted by atomic mass is 79.9. The second kappa shape index (κ2) is 9.82. The number of carbonyl (C=O) groups excluding carboxylic acids is 2. The molecule has 0 unspecified atom stereocenters. The van der Waals surface area contributed by atoms with E-state index in [9.17, 15) is 14.0 Å². The number of nitrogens with zero attached hydrogens (tertiary/aromatic N) is 1. The third-order valence-electron chi connectivity index (χ3n) is 3.17. The van der Waals surface area contributed by atoms with Gasteiger partial charge in [0.25, 0.3) is 0 Å². The Morgan fingerprint density at radius 2 is 1.89 bits per heavy atom. The third kappa shape index (κ3) is 7.18. The molecule has 142 valence electrons. The number of rotatable bonds is 7. The average Bonchev–Trinajstić information content (AvgIpc) is 2.59. The predicted molar refractivity (Wildman–Crippen MR) is 105 cm³/mol. The number of hydrazone groups is 1. The number of halogens is 2. The molecule has 0 radical (unpaired) electrons. The normalized spacial score (nSPS) is 10.9. The van der Waals surface area contributed by atoms with Gasteiger partial charge < -0.3 is 10.1 Å². The third-order valence-corrected chi connectivity index (χ3v) is 3.79. The van der Waals surface area contributed by atoms with Crippen molar-refractivity contribution in [1.82, 2.24) is 5.43 Å². The lowest BCUT2D eigenvalue weighted by molar-refractivity contribution is -0.126. The first-order chi connectivity index (χ1) is 12.8. The zero-order chi connectivity index (χ0) is 19.8. The van der Waals surface area contributed by atoms with Gasteiger partial charge in [-0.3, -0.25) is 9.59 Å². The van der Waals surface area contributed by atoms with Crippen molar-refractivity contribution in [3.8, 4) is 5.75 Å². The quantitative estimate of drug-likeness (QED) is 0.393. The summed E-state index contributed by atoms with van der Waals surface area (Å²) in [6.07, 6.45) is 1.11. The molecule has 27 heavy (non-hydrogen) atoms. The maximum Gasteiger partial charge on any atom is 0.249 e. The molecule has 0 spiro atoms. The Morgan fingerprint density at radius 3 is 2.52 bits per heavy atom. The summed E-state index contributed by atoms with van der Waals surface area (Å²) in [5, 5.41) is 6.33. The molecule has 0 aromatic heterocycles. The minimum absolute atomic E-state index is 0.0566. The second-order valence-electron chi connectivity index (χ2n) is 5.88. The summed E-state index contributed by atoms with van der Waals surface area (Å²) >= 11 is 3.41. The summed E-state index contributed by atoms with van der Waals surface area (Å²) < 4.78 is 19.2. The Hall–Kier alpha value is -2.74. The molecule has 2 rings (SSSR count). The summed E-state index contributed by atoms with van der Waals surface area (Å²) in [6.45, 7) is 3.87. The largest absolute Gasteiger partial charge is 0.490 e. The van der Waals surface area contributed by atoms with E-state index in [1.165, 1.54) is 30.5 Å². The van der Waals surface area contributed by atoms with Crippen LogP contribution in [-0.2, 0) is 9.59 Å². The van der Waals surface area contributed by atoms with Gasteiger partial charge in [-0.25, -0.2) is 9.82 Å².